The van der Waals surface area contributed by atoms with E-state index in [0.29, 0.717) is 19.5 Å². The van der Waals surface area contributed by atoms with E-state index < -0.39 is 61.3 Å². The number of hydrogen-bond acceptors (Lipinski definition) is 7. The first-order valence-corrected chi connectivity index (χ1v) is 18.7. The van der Waals surface area contributed by atoms with Gasteiger partial charge in [0, 0.05) is 42.0 Å². The summed E-state index contributed by atoms with van der Waals surface area (Å²) in [6.45, 7) is 10.9. The summed E-state index contributed by atoms with van der Waals surface area (Å²) in [6.07, 6.45) is 3.48. The molecule has 45 heavy (non-hydrogen) atoms. The van der Waals surface area contributed by atoms with Crippen molar-refractivity contribution in [2.75, 3.05) is 20.2 Å². The summed E-state index contributed by atoms with van der Waals surface area (Å²) in [7, 11) is -1.12. The number of pyridine rings is 1. The molecule has 242 valence electrons. The molecular formula is C32H41F2N5O5Si. The zero-order valence-electron chi connectivity index (χ0n) is 26.5. The molecule has 4 amide bonds. The minimum Gasteiger partial charge on any atom is -0.466 e. The lowest BCUT2D eigenvalue weighted by Crippen LogP contribution is -2.64. The highest BCUT2D eigenvalue weighted by Crippen LogP contribution is 2.34. The van der Waals surface area contributed by atoms with Gasteiger partial charge in [0.1, 0.15) is 6.04 Å². The highest BCUT2D eigenvalue weighted by Gasteiger charge is 2.49. The highest BCUT2D eigenvalue weighted by molar-refractivity contribution is 6.80. The van der Waals surface area contributed by atoms with Crippen LogP contribution in [0.15, 0.2) is 48.2 Å². The van der Waals surface area contributed by atoms with Crippen molar-refractivity contribution < 1.29 is 32.7 Å². The van der Waals surface area contributed by atoms with Crippen molar-refractivity contribution in [3.8, 4) is 0 Å². The number of nitrogens with one attached hydrogen (secondary N) is 2. The predicted octanol–water partition coefficient (Wildman–Crippen LogP) is 5.26. The number of halogens is 2. The van der Waals surface area contributed by atoms with Crippen LogP contribution in [-0.2, 0) is 14.3 Å². The summed E-state index contributed by atoms with van der Waals surface area (Å²) >= 11 is 0. The first-order chi connectivity index (χ1) is 21.3. The molecule has 13 heteroatoms. The Hall–Kier alpha value is -3.97. The number of ether oxygens (including phenoxy) is 1. The molecule has 0 saturated carbocycles. The summed E-state index contributed by atoms with van der Waals surface area (Å²) in [6, 6.07) is 5.18. The number of amides is 4. The fourth-order valence-corrected chi connectivity index (χ4v) is 6.76. The van der Waals surface area contributed by atoms with Gasteiger partial charge in [-0.25, -0.2) is 28.1 Å². The zero-order valence-corrected chi connectivity index (χ0v) is 27.5. The number of carbonyl (C=O) groups excluding carboxylic acids is 4. The van der Waals surface area contributed by atoms with E-state index in [1.165, 1.54) is 6.07 Å². The van der Waals surface area contributed by atoms with Gasteiger partial charge in [0.2, 0.25) is 0 Å². The fourth-order valence-electron chi connectivity index (χ4n) is 5.75. The number of piperidine rings is 1. The third-order valence-corrected chi connectivity index (χ3v) is 11.7. The number of urea groups is 2. The summed E-state index contributed by atoms with van der Waals surface area (Å²) in [4.78, 5) is 62.5. The van der Waals surface area contributed by atoms with Gasteiger partial charge in [-0.05, 0) is 49.6 Å². The van der Waals surface area contributed by atoms with Crippen LogP contribution in [0.2, 0.25) is 25.2 Å². The van der Waals surface area contributed by atoms with E-state index in [2.05, 4.69) is 20.5 Å². The number of methoxy groups -OCH3 is 1. The summed E-state index contributed by atoms with van der Waals surface area (Å²) in [5.41, 5.74) is -0.182. The Balaban J connectivity index is 1.69. The maximum absolute atomic E-state index is 14.3. The van der Waals surface area contributed by atoms with Crippen LogP contribution in [0.4, 0.5) is 18.4 Å². The van der Waals surface area contributed by atoms with Crippen molar-refractivity contribution in [2.45, 2.75) is 76.4 Å². The first kappa shape index (κ1) is 33.9. The van der Waals surface area contributed by atoms with Gasteiger partial charge in [-0.15, -0.1) is 0 Å². The van der Waals surface area contributed by atoms with Gasteiger partial charge in [-0.1, -0.05) is 39.6 Å². The lowest BCUT2D eigenvalue weighted by atomic mass is 9.92. The van der Waals surface area contributed by atoms with E-state index in [0.717, 1.165) is 42.7 Å². The molecule has 1 saturated heterocycles. The molecule has 3 heterocycles. The van der Waals surface area contributed by atoms with Gasteiger partial charge in [0.05, 0.1) is 32.6 Å². The first-order valence-electron chi connectivity index (χ1n) is 15.2. The molecular weight excluding hydrogens is 600 g/mol. The van der Waals surface area contributed by atoms with Crippen LogP contribution >= 0.6 is 0 Å². The number of benzene rings is 1. The van der Waals surface area contributed by atoms with Crippen molar-refractivity contribution >= 4 is 37.6 Å². The Kier molecular flexibility index (Phi) is 10.5. The normalized spacial score (nSPS) is 19.5. The summed E-state index contributed by atoms with van der Waals surface area (Å²) in [5, 5.41) is 5.40. The standard InChI is InChI=1S/C32H41F2N5O5Si/c1-7-25(38-16-13-20(14-17-38)24-10-8-9-15-35-24)36-31(42)39-28(29(40)19(2)45(4,5)6)26(30(41)44-3)27(37-32(39)43)21-11-12-22(33)23(34)18-21/h8-12,15,18-20,25,28H,7,13-14,16-17H2,1-6H3,(H,36,42)(H,37,43). The Labute approximate surface area is 263 Å². The molecule has 2 aliphatic heterocycles. The molecule has 0 spiro atoms. The number of ketones is 1. The van der Waals surface area contributed by atoms with Gasteiger partial charge in [-0.2, -0.15) is 0 Å². The van der Waals surface area contributed by atoms with Crippen molar-refractivity contribution in [1.29, 1.82) is 0 Å². The second-order valence-corrected chi connectivity index (χ2v) is 18.1. The minimum atomic E-state index is -2.22. The van der Waals surface area contributed by atoms with E-state index in [9.17, 15) is 28.0 Å². The summed E-state index contributed by atoms with van der Waals surface area (Å²) < 4.78 is 33.1. The van der Waals surface area contributed by atoms with Gasteiger partial charge < -0.3 is 15.4 Å². The molecule has 2 aliphatic rings. The topological polar surface area (TPSA) is 121 Å². The highest BCUT2D eigenvalue weighted by atomic mass is 28.3. The van der Waals surface area contributed by atoms with Crippen molar-refractivity contribution in [3.63, 3.8) is 0 Å². The van der Waals surface area contributed by atoms with Crippen molar-refractivity contribution in [2.24, 2.45) is 0 Å². The van der Waals surface area contributed by atoms with Crippen LogP contribution in [0.3, 0.4) is 0 Å². The van der Waals surface area contributed by atoms with Crippen molar-refractivity contribution in [3.05, 3.63) is 71.1 Å². The van der Waals surface area contributed by atoms with Gasteiger partial charge in [-0.3, -0.25) is 14.7 Å². The van der Waals surface area contributed by atoms with Crippen LogP contribution in [0.5, 0.6) is 0 Å². The van der Waals surface area contributed by atoms with Gasteiger partial charge in [0.15, 0.2) is 17.4 Å². The molecule has 2 aromatic rings. The number of Topliss-reactive ketones (excluding diaryl/α,β-unsaturated/α-hetero) is 1. The number of nitrogens with zero attached hydrogens (tertiary/aromatic N) is 3. The van der Waals surface area contributed by atoms with Crippen LogP contribution in [0.25, 0.3) is 5.70 Å². The number of esters is 1. The molecule has 1 aromatic heterocycles. The number of imide groups is 1. The number of likely N-dealkylation sites (tertiary alicyclic amines) is 1. The molecule has 3 unspecified atom stereocenters. The van der Waals surface area contributed by atoms with Crippen LogP contribution in [0, 0.1) is 11.6 Å². The molecule has 0 bridgehead atoms. The number of hydrogen-bond donors (Lipinski definition) is 2. The number of aromatic nitrogens is 1. The minimum absolute atomic E-state index is 0.0524. The molecule has 10 nitrogen and oxygen atoms in total. The molecule has 0 aliphatic carbocycles. The molecule has 1 aromatic carbocycles. The predicted molar refractivity (Wildman–Crippen MR) is 168 cm³/mol. The van der Waals surface area contributed by atoms with Gasteiger partial charge in [0.25, 0.3) is 0 Å². The van der Waals surface area contributed by atoms with E-state index in [1.54, 1.807) is 13.1 Å². The SMILES string of the molecule is CCC(NC(=O)N1C(=O)NC(c2ccc(F)c(F)c2)=C(C(=O)OC)C1C(=O)C(C)[Si](C)(C)C)N1CCC(c2ccccn2)CC1. The Morgan fingerprint density at radius 2 is 1.80 bits per heavy atom. The van der Waals surface area contributed by atoms with Crippen LogP contribution < -0.4 is 10.6 Å². The van der Waals surface area contributed by atoms with Crippen LogP contribution in [-0.4, -0.2) is 79.1 Å². The van der Waals surface area contributed by atoms with E-state index >= 15 is 0 Å². The van der Waals surface area contributed by atoms with Crippen LogP contribution in [0.1, 0.15) is 50.3 Å². The average Bonchev–Trinajstić information content (AvgIpc) is 3.03. The molecule has 4 rings (SSSR count). The maximum Gasteiger partial charge on any atom is 0.338 e. The monoisotopic (exact) mass is 641 g/mol. The molecule has 2 N–H and O–H groups in total. The zero-order chi connectivity index (χ0) is 33.1. The largest absolute Gasteiger partial charge is 0.466 e. The second-order valence-electron chi connectivity index (χ2n) is 12.5. The van der Waals surface area contributed by atoms with Gasteiger partial charge >= 0.3 is 18.0 Å². The maximum atomic E-state index is 14.3. The van der Waals surface area contributed by atoms with E-state index in [1.807, 2.05) is 44.8 Å². The second kappa shape index (κ2) is 14.0. The Bertz CT molecular complexity index is 1470. The molecule has 0 radical (unpaired) electrons. The third-order valence-electron chi connectivity index (χ3n) is 8.83. The Morgan fingerprint density at radius 1 is 1.11 bits per heavy atom. The van der Waals surface area contributed by atoms with E-state index in [-0.39, 0.29) is 22.8 Å². The Morgan fingerprint density at radius 3 is 2.36 bits per heavy atom. The number of carbonyl (C=O) groups is 4. The lowest BCUT2D eigenvalue weighted by molar-refractivity contribution is -0.138. The van der Waals surface area contributed by atoms with Crippen molar-refractivity contribution in [1.82, 2.24) is 25.4 Å². The lowest BCUT2D eigenvalue weighted by Gasteiger charge is -2.41. The fraction of sp³-hybridized carbons (Fsp3) is 0.469. The third kappa shape index (κ3) is 7.30. The molecule has 1 fully saturated rings. The smallest absolute Gasteiger partial charge is 0.338 e. The number of rotatable bonds is 9. The average molecular weight is 642 g/mol. The quantitative estimate of drug-likeness (QED) is 0.283. The summed E-state index contributed by atoms with van der Waals surface area (Å²) in [5.74, 6) is -3.57. The van der Waals surface area contributed by atoms with E-state index in [4.69, 9.17) is 4.74 Å². The molecule has 3 atom stereocenters.